The van der Waals surface area contributed by atoms with Gasteiger partial charge in [0.15, 0.2) is 5.13 Å². The molecule has 0 atom stereocenters. The maximum Gasteiger partial charge on any atom is 0.259 e. The van der Waals surface area contributed by atoms with Crippen molar-refractivity contribution in [2.24, 2.45) is 0 Å². The quantitative estimate of drug-likeness (QED) is 0.795. The molecule has 2 aromatic heterocycles. The second-order valence-corrected chi connectivity index (χ2v) is 5.78. The molecule has 0 radical (unpaired) electrons. The van der Waals surface area contributed by atoms with E-state index in [4.69, 9.17) is 0 Å². The molecule has 4 nitrogen and oxygen atoms in total. The Balaban J connectivity index is 1.96. The first-order chi connectivity index (χ1) is 10.6. The number of halogens is 1. The summed E-state index contributed by atoms with van der Waals surface area (Å²) in [6, 6.07) is 8.02. The summed E-state index contributed by atoms with van der Waals surface area (Å²) < 4.78 is 15.0. The number of carbonyl (C=O) groups is 1. The summed E-state index contributed by atoms with van der Waals surface area (Å²) in [6.07, 6.45) is 1.64. The number of nitrogens with one attached hydrogen (secondary N) is 1. The largest absolute Gasteiger partial charge is 0.318 e. The van der Waals surface area contributed by atoms with Gasteiger partial charge in [-0.1, -0.05) is 0 Å². The van der Waals surface area contributed by atoms with E-state index in [1.807, 2.05) is 24.5 Å². The van der Waals surface area contributed by atoms with Crippen molar-refractivity contribution in [3.63, 3.8) is 0 Å². The van der Waals surface area contributed by atoms with Gasteiger partial charge in [-0.15, -0.1) is 11.3 Å². The van der Waals surface area contributed by atoms with Gasteiger partial charge in [-0.2, -0.15) is 0 Å². The maximum atomic E-state index is 13.1. The summed E-state index contributed by atoms with van der Waals surface area (Å²) in [7, 11) is 0. The Kier molecular flexibility index (Phi) is 3.77. The van der Waals surface area contributed by atoms with Crippen LogP contribution in [0.1, 0.15) is 21.7 Å². The number of aryl methyl sites for hydroxylation is 1. The smallest absolute Gasteiger partial charge is 0.259 e. The minimum Gasteiger partial charge on any atom is -0.318 e. The predicted molar refractivity (Wildman–Crippen MR) is 85.3 cm³/mol. The zero-order chi connectivity index (χ0) is 15.7. The van der Waals surface area contributed by atoms with Crippen molar-refractivity contribution in [3.05, 3.63) is 64.7 Å². The molecule has 112 valence electrons. The number of hydrogen-bond acceptors (Lipinski definition) is 3. The molecule has 0 saturated heterocycles. The van der Waals surface area contributed by atoms with E-state index in [0.29, 0.717) is 10.7 Å². The Hall–Kier alpha value is -2.47. The molecule has 0 aliphatic carbocycles. The Morgan fingerprint density at radius 2 is 2.00 bits per heavy atom. The van der Waals surface area contributed by atoms with Gasteiger partial charge >= 0.3 is 0 Å². The molecular weight excluding hydrogens is 301 g/mol. The van der Waals surface area contributed by atoms with Crippen LogP contribution in [-0.4, -0.2) is 15.5 Å². The second-order valence-electron chi connectivity index (χ2n) is 4.89. The highest BCUT2D eigenvalue weighted by Crippen LogP contribution is 2.22. The fourth-order valence-corrected chi connectivity index (χ4v) is 2.95. The highest BCUT2D eigenvalue weighted by molar-refractivity contribution is 7.13. The lowest BCUT2D eigenvalue weighted by atomic mass is 10.2. The van der Waals surface area contributed by atoms with Crippen LogP contribution < -0.4 is 5.32 Å². The van der Waals surface area contributed by atoms with E-state index in [1.54, 1.807) is 23.7 Å². The van der Waals surface area contributed by atoms with Gasteiger partial charge in [-0.05, 0) is 44.2 Å². The Bertz CT molecular complexity index is 807. The van der Waals surface area contributed by atoms with E-state index in [1.165, 1.54) is 23.5 Å². The highest BCUT2D eigenvalue weighted by atomic mass is 32.1. The number of amides is 1. The number of nitrogens with zero attached hydrogens (tertiary/aromatic N) is 2. The molecule has 2 heterocycles. The lowest BCUT2D eigenvalue weighted by Gasteiger charge is -2.09. The van der Waals surface area contributed by atoms with Gasteiger partial charge in [0.25, 0.3) is 5.91 Å². The topological polar surface area (TPSA) is 46.9 Å². The molecule has 1 aromatic carbocycles. The lowest BCUT2D eigenvalue weighted by molar-refractivity contribution is 0.102. The molecule has 0 aliphatic heterocycles. The van der Waals surface area contributed by atoms with Gasteiger partial charge in [-0.25, -0.2) is 9.37 Å². The monoisotopic (exact) mass is 315 g/mol. The molecule has 0 bridgehead atoms. The van der Waals surface area contributed by atoms with Crippen LogP contribution in [0, 0.1) is 19.7 Å². The standard InChI is InChI=1S/C16H14FN3OS/c1-10-9-14(15(21)19-16-18-7-8-22-16)11(2)20(10)13-5-3-12(17)4-6-13/h3-9H,1-2H3,(H,18,19,21). The van der Waals surface area contributed by atoms with Crippen LogP contribution in [0.4, 0.5) is 9.52 Å². The average molecular weight is 315 g/mol. The van der Waals surface area contributed by atoms with Gasteiger partial charge in [0.1, 0.15) is 5.82 Å². The number of anilines is 1. The van der Waals surface area contributed by atoms with E-state index >= 15 is 0 Å². The summed E-state index contributed by atoms with van der Waals surface area (Å²) in [6.45, 7) is 3.78. The summed E-state index contributed by atoms with van der Waals surface area (Å²) in [5, 5.41) is 5.14. The third-order valence-electron chi connectivity index (χ3n) is 3.41. The van der Waals surface area contributed by atoms with Gasteiger partial charge in [0.05, 0.1) is 5.56 Å². The Morgan fingerprint density at radius 1 is 1.27 bits per heavy atom. The van der Waals surface area contributed by atoms with Crippen molar-refractivity contribution in [1.29, 1.82) is 0 Å². The molecule has 6 heteroatoms. The zero-order valence-electron chi connectivity index (χ0n) is 12.1. The fourth-order valence-electron chi connectivity index (χ4n) is 2.43. The summed E-state index contributed by atoms with van der Waals surface area (Å²) >= 11 is 1.37. The van der Waals surface area contributed by atoms with Crippen LogP contribution in [0.2, 0.25) is 0 Å². The summed E-state index contributed by atoms with van der Waals surface area (Å²) in [5.41, 5.74) is 3.12. The molecule has 0 saturated carbocycles. The number of thiazole rings is 1. The highest BCUT2D eigenvalue weighted by Gasteiger charge is 2.17. The zero-order valence-corrected chi connectivity index (χ0v) is 12.9. The fraction of sp³-hybridized carbons (Fsp3) is 0.125. The number of aromatic nitrogens is 2. The molecule has 0 unspecified atom stereocenters. The first-order valence-electron chi connectivity index (χ1n) is 6.72. The van der Waals surface area contributed by atoms with Crippen LogP contribution in [0.25, 0.3) is 5.69 Å². The van der Waals surface area contributed by atoms with E-state index in [2.05, 4.69) is 10.3 Å². The van der Waals surface area contributed by atoms with Crippen LogP contribution in [-0.2, 0) is 0 Å². The summed E-state index contributed by atoms with van der Waals surface area (Å²) in [4.78, 5) is 16.4. The predicted octanol–water partition coefficient (Wildman–Crippen LogP) is 3.94. The Morgan fingerprint density at radius 3 is 2.64 bits per heavy atom. The number of rotatable bonds is 3. The Labute approximate surface area is 131 Å². The molecule has 22 heavy (non-hydrogen) atoms. The van der Waals surface area contributed by atoms with Gasteiger partial charge in [0.2, 0.25) is 0 Å². The molecular formula is C16H14FN3OS. The van der Waals surface area contributed by atoms with Crippen molar-refractivity contribution in [2.45, 2.75) is 13.8 Å². The molecule has 1 N–H and O–H groups in total. The van der Waals surface area contributed by atoms with Crippen LogP contribution >= 0.6 is 11.3 Å². The van der Waals surface area contributed by atoms with E-state index in [0.717, 1.165) is 17.1 Å². The maximum absolute atomic E-state index is 13.1. The summed E-state index contributed by atoms with van der Waals surface area (Å²) in [5.74, 6) is -0.482. The van der Waals surface area contributed by atoms with Gasteiger partial charge < -0.3 is 4.57 Å². The minimum atomic E-state index is -0.284. The third kappa shape index (κ3) is 2.65. The van der Waals surface area contributed by atoms with Crippen molar-refractivity contribution >= 4 is 22.4 Å². The van der Waals surface area contributed by atoms with Crippen LogP contribution in [0.3, 0.4) is 0 Å². The molecule has 1 amide bonds. The minimum absolute atomic E-state index is 0.198. The number of benzene rings is 1. The van der Waals surface area contributed by atoms with Gasteiger partial charge in [-0.3, -0.25) is 10.1 Å². The molecule has 0 aliphatic rings. The molecule has 3 aromatic rings. The van der Waals surface area contributed by atoms with Crippen LogP contribution in [0.5, 0.6) is 0 Å². The van der Waals surface area contributed by atoms with E-state index in [-0.39, 0.29) is 11.7 Å². The van der Waals surface area contributed by atoms with Crippen molar-refractivity contribution in [2.75, 3.05) is 5.32 Å². The first-order valence-corrected chi connectivity index (χ1v) is 7.60. The lowest BCUT2D eigenvalue weighted by Crippen LogP contribution is -2.12. The van der Waals surface area contributed by atoms with Crippen molar-refractivity contribution in [3.8, 4) is 5.69 Å². The van der Waals surface area contributed by atoms with Gasteiger partial charge in [0, 0.05) is 28.7 Å². The molecule has 0 fully saturated rings. The average Bonchev–Trinajstić information content (AvgIpc) is 3.09. The second kappa shape index (κ2) is 5.73. The van der Waals surface area contributed by atoms with Crippen molar-refractivity contribution < 1.29 is 9.18 Å². The molecule has 3 rings (SSSR count). The van der Waals surface area contributed by atoms with Crippen LogP contribution in [0.15, 0.2) is 41.9 Å². The first kappa shape index (κ1) is 14.5. The normalized spacial score (nSPS) is 10.7. The number of hydrogen-bond donors (Lipinski definition) is 1. The number of carbonyl (C=O) groups excluding carboxylic acids is 1. The van der Waals surface area contributed by atoms with Crippen molar-refractivity contribution in [1.82, 2.24) is 9.55 Å². The SMILES string of the molecule is Cc1cc(C(=O)Nc2nccs2)c(C)n1-c1ccc(F)cc1. The molecule has 0 spiro atoms. The van der Waals surface area contributed by atoms with E-state index < -0.39 is 0 Å². The van der Waals surface area contributed by atoms with E-state index in [9.17, 15) is 9.18 Å². The third-order valence-corrected chi connectivity index (χ3v) is 4.10.